The summed E-state index contributed by atoms with van der Waals surface area (Å²) in [4.78, 5) is 12.4. The molecule has 0 aliphatic carbocycles. The Hall–Kier alpha value is -1.82. The van der Waals surface area contributed by atoms with Crippen LogP contribution in [0.3, 0.4) is 0 Å². The molecule has 0 aromatic heterocycles. The van der Waals surface area contributed by atoms with Crippen molar-refractivity contribution in [2.45, 2.75) is 6.92 Å². The second-order valence-corrected chi connectivity index (χ2v) is 3.89. The molecule has 1 aromatic carbocycles. The summed E-state index contributed by atoms with van der Waals surface area (Å²) in [7, 11) is 3.38. The Morgan fingerprint density at radius 1 is 1.50 bits per heavy atom. The van der Waals surface area contributed by atoms with Crippen LogP contribution < -0.4 is 15.0 Å². The number of benzene rings is 1. The van der Waals surface area contributed by atoms with Crippen LogP contribution in [0.15, 0.2) is 18.2 Å². The number of hydrogen-bond donors (Lipinski definition) is 1. The van der Waals surface area contributed by atoms with Crippen molar-refractivity contribution in [2.75, 3.05) is 38.7 Å². The molecule has 0 aliphatic heterocycles. The zero-order valence-electron chi connectivity index (χ0n) is 11.0. The van der Waals surface area contributed by atoms with Crippen LogP contribution in [0.4, 0.5) is 11.4 Å². The van der Waals surface area contributed by atoms with Crippen LogP contribution >= 0.6 is 0 Å². The fourth-order valence-electron chi connectivity index (χ4n) is 1.61. The molecule has 100 valence electrons. The smallest absolute Gasteiger partial charge is 0.311 e. The van der Waals surface area contributed by atoms with Crippen molar-refractivity contribution in [2.24, 2.45) is 0 Å². The fraction of sp³-hybridized carbons (Fsp3) is 0.500. The summed E-state index contributed by atoms with van der Waals surface area (Å²) in [5.74, 6) is 0.285. The monoisotopic (exact) mass is 253 g/mol. The van der Waals surface area contributed by atoms with Crippen LogP contribution in [-0.2, 0) is 0 Å². The summed E-state index contributed by atoms with van der Waals surface area (Å²) in [5, 5.41) is 14.0. The van der Waals surface area contributed by atoms with Gasteiger partial charge in [-0.25, -0.2) is 0 Å². The SMILES string of the molecule is CCNCCN(C)c1ccc([N+](=O)[O-])c(OC)c1. The van der Waals surface area contributed by atoms with Gasteiger partial charge in [-0.05, 0) is 12.6 Å². The van der Waals surface area contributed by atoms with E-state index in [2.05, 4.69) is 12.2 Å². The topological polar surface area (TPSA) is 67.6 Å². The predicted molar refractivity (Wildman–Crippen MR) is 71.5 cm³/mol. The first-order chi connectivity index (χ1) is 8.60. The number of rotatable bonds is 7. The second-order valence-electron chi connectivity index (χ2n) is 3.89. The minimum absolute atomic E-state index is 0.0127. The minimum Gasteiger partial charge on any atom is -0.490 e. The van der Waals surface area contributed by atoms with E-state index in [0.717, 1.165) is 25.3 Å². The molecule has 0 bridgehead atoms. The first-order valence-electron chi connectivity index (χ1n) is 5.84. The van der Waals surface area contributed by atoms with Crippen LogP contribution in [-0.4, -0.2) is 38.7 Å². The van der Waals surface area contributed by atoms with Crippen LogP contribution in [0, 0.1) is 10.1 Å². The number of nitrogens with one attached hydrogen (secondary N) is 1. The number of likely N-dealkylation sites (N-methyl/N-ethyl adjacent to an activating group) is 2. The number of methoxy groups -OCH3 is 1. The summed E-state index contributed by atoms with van der Waals surface area (Å²) in [6, 6.07) is 4.88. The zero-order valence-corrected chi connectivity index (χ0v) is 11.0. The standard InChI is InChI=1S/C12H19N3O3/c1-4-13-7-8-14(2)10-5-6-11(15(16)17)12(9-10)18-3/h5-6,9,13H,4,7-8H2,1-3H3. The molecule has 0 spiro atoms. The third-order valence-corrected chi connectivity index (χ3v) is 2.67. The molecule has 1 rings (SSSR count). The van der Waals surface area contributed by atoms with Crippen molar-refractivity contribution in [1.82, 2.24) is 5.32 Å². The number of nitro groups is 1. The maximum Gasteiger partial charge on any atom is 0.311 e. The van der Waals surface area contributed by atoms with Gasteiger partial charge in [-0.2, -0.15) is 0 Å². The average molecular weight is 253 g/mol. The summed E-state index contributed by atoms with van der Waals surface area (Å²) >= 11 is 0. The lowest BCUT2D eigenvalue weighted by molar-refractivity contribution is -0.385. The van der Waals surface area contributed by atoms with E-state index in [-0.39, 0.29) is 11.4 Å². The van der Waals surface area contributed by atoms with Crippen LogP contribution in [0.5, 0.6) is 5.75 Å². The average Bonchev–Trinajstić information content (AvgIpc) is 2.37. The molecule has 0 fully saturated rings. The van der Waals surface area contributed by atoms with Gasteiger partial charge in [-0.1, -0.05) is 6.92 Å². The Kier molecular flexibility index (Phi) is 5.38. The normalized spacial score (nSPS) is 10.2. The van der Waals surface area contributed by atoms with E-state index in [4.69, 9.17) is 4.74 Å². The van der Waals surface area contributed by atoms with Crippen LogP contribution in [0.25, 0.3) is 0 Å². The molecule has 6 nitrogen and oxygen atoms in total. The maximum atomic E-state index is 10.8. The molecule has 0 radical (unpaired) electrons. The molecule has 1 N–H and O–H groups in total. The molecule has 6 heteroatoms. The number of ether oxygens (including phenoxy) is 1. The molecule has 0 saturated carbocycles. The Morgan fingerprint density at radius 2 is 2.22 bits per heavy atom. The number of hydrogen-bond acceptors (Lipinski definition) is 5. The van der Waals surface area contributed by atoms with Gasteiger partial charge in [0.1, 0.15) is 0 Å². The number of nitrogens with zero attached hydrogens (tertiary/aromatic N) is 2. The number of nitro benzene ring substituents is 1. The molecular weight excluding hydrogens is 234 g/mol. The Morgan fingerprint density at radius 3 is 2.78 bits per heavy atom. The van der Waals surface area contributed by atoms with Crippen LogP contribution in [0.2, 0.25) is 0 Å². The lowest BCUT2D eigenvalue weighted by Crippen LogP contribution is -2.28. The third-order valence-electron chi connectivity index (χ3n) is 2.67. The second kappa shape index (κ2) is 6.80. The number of anilines is 1. The van der Waals surface area contributed by atoms with E-state index in [1.54, 1.807) is 12.1 Å². The molecule has 0 heterocycles. The van der Waals surface area contributed by atoms with E-state index in [9.17, 15) is 10.1 Å². The van der Waals surface area contributed by atoms with Gasteiger partial charge >= 0.3 is 5.69 Å². The highest BCUT2D eigenvalue weighted by Gasteiger charge is 2.15. The van der Waals surface area contributed by atoms with E-state index in [0.29, 0.717) is 0 Å². The highest BCUT2D eigenvalue weighted by molar-refractivity contribution is 5.58. The summed E-state index contributed by atoms with van der Waals surface area (Å²) in [6.07, 6.45) is 0. The van der Waals surface area contributed by atoms with Gasteiger partial charge in [0.2, 0.25) is 0 Å². The molecule has 0 aliphatic rings. The molecule has 18 heavy (non-hydrogen) atoms. The molecule has 0 unspecified atom stereocenters. The van der Waals surface area contributed by atoms with Crippen LogP contribution in [0.1, 0.15) is 6.92 Å². The first kappa shape index (κ1) is 14.2. The summed E-state index contributed by atoms with van der Waals surface area (Å²) in [5.41, 5.74) is 0.886. The molecule has 0 saturated heterocycles. The fourth-order valence-corrected chi connectivity index (χ4v) is 1.61. The van der Waals surface area contributed by atoms with E-state index < -0.39 is 4.92 Å². The van der Waals surface area contributed by atoms with Gasteiger partial charge < -0.3 is 15.0 Å². The highest BCUT2D eigenvalue weighted by Crippen LogP contribution is 2.30. The van der Waals surface area contributed by atoms with Crippen molar-refractivity contribution in [3.05, 3.63) is 28.3 Å². The predicted octanol–water partition coefficient (Wildman–Crippen LogP) is 1.65. The largest absolute Gasteiger partial charge is 0.490 e. The van der Waals surface area contributed by atoms with E-state index in [1.807, 2.05) is 11.9 Å². The van der Waals surface area contributed by atoms with Crippen molar-refractivity contribution in [1.29, 1.82) is 0 Å². The lowest BCUT2D eigenvalue weighted by Gasteiger charge is -2.19. The first-order valence-corrected chi connectivity index (χ1v) is 5.84. The van der Waals surface area contributed by atoms with Gasteiger partial charge in [-0.15, -0.1) is 0 Å². The molecule has 0 atom stereocenters. The van der Waals surface area contributed by atoms with E-state index >= 15 is 0 Å². The van der Waals surface area contributed by atoms with Crippen molar-refractivity contribution >= 4 is 11.4 Å². The van der Waals surface area contributed by atoms with Crippen molar-refractivity contribution in [3.8, 4) is 5.75 Å². The van der Waals surface area contributed by atoms with Crippen molar-refractivity contribution < 1.29 is 9.66 Å². The maximum absolute atomic E-state index is 10.8. The van der Waals surface area contributed by atoms with Gasteiger partial charge in [0.25, 0.3) is 0 Å². The van der Waals surface area contributed by atoms with Gasteiger partial charge in [0, 0.05) is 38.0 Å². The minimum atomic E-state index is -0.443. The van der Waals surface area contributed by atoms with Crippen molar-refractivity contribution in [3.63, 3.8) is 0 Å². The summed E-state index contributed by atoms with van der Waals surface area (Å²) < 4.78 is 5.04. The molecular formula is C12H19N3O3. The third kappa shape index (κ3) is 3.59. The zero-order chi connectivity index (χ0) is 13.5. The van der Waals surface area contributed by atoms with Gasteiger partial charge in [-0.3, -0.25) is 10.1 Å². The Balaban J connectivity index is 2.81. The molecule has 1 aromatic rings. The van der Waals surface area contributed by atoms with E-state index in [1.165, 1.54) is 13.2 Å². The molecule has 0 amide bonds. The highest BCUT2D eigenvalue weighted by atomic mass is 16.6. The lowest BCUT2D eigenvalue weighted by atomic mass is 10.2. The Bertz CT molecular complexity index is 410. The summed E-state index contributed by atoms with van der Waals surface area (Å²) in [6.45, 7) is 4.67. The Labute approximate surface area is 107 Å². The van der Waals surface area contributed by atoms with Gasteiger partial charge in [0.05, 0.1) is 12.0 Å². The quantitative estimate of drug-likeness (QED) is 0.454. The van der Waals surface area contributed by atoms with Gasteiger partial charge in [0.15, 0.2) is 5.75 Å².